The highest BCUT2D eigenvalue weighted by molar-refractivity contribution is 9.10. The minimum absolute atomic E-state index is 0.419. The SMILES string of the molecule is CC(NCCCc1ncc[nH]1)c1cc(Br)cs1. The zero-order valence-corrected chi connectivity index (χ0v) is 12.1. The Labute approximate surface area is 114 Å². The Balaban J connectivity index is 1.68. The van der Waals surface area contributed by atoms with Crippen molar-refractivity contribution in [1.82, 2.24) is 15.3 Å². The summed E-state index contributed by atoms with van der Waals surface area (Å²) in [7, 11) is 0. The molecule has 0 bridgehead atoms. The zero-order valence-electron chi connectivity index (χ0n) is 9.74. The molecule has 0 aliphatic carbocycles. The van der Waals surface area contributed by atoms with Crippen LogP contribution >= 0.6 is 27.3 Å². The summed E-state index contributed by atoms with van der Waals surface area (Å²) >= 11 is 5.26. The van der Waals surface area contributed by atoms with Gasteiger partial charge < -0.3 is 10.3 Å². The number of aromatic amines is 1. The monoisotopic (exact) mass is 313 g/mol. The predicted octanol–water partition coefficient (Wildman–Crippen LogP) is 3.52. The predicted molar refractivity (Wildman–Crippen MR) is 75.3 cm³/mol. The molecule has 92 valence electrons. The Bertz CT molecular complexity index is 438. The third-order valence-electron chi connectivity index (χ3n) is 2.61. The van der Waals surface area contributed by atoms with Gasteiger partial charge in [0, 0.05) is 39.6 Å². The van der Waals surface area contributed by atoms with E-state index in [-0.39, 0.29) is 0 Å². The van der Waals surface area contributed by atoms with Crippen molar-refractivity contribution in [3.8, 4) is 0 Å². The molecule has 0 spiro atoms. The molecule has 0 amide bonds. The number of H-pyrrole nitrogens is 1. The van der Waals surface area contributed by atoms with Gasteiger partial charge in [0.25, 0.3) is 0 Å². The fourth-order valence-corrected chi connectivity index (χ4v) is 3.14. The first kappa shape index (κ1) is 12.8. The van der Waals surface area contributed by atoms with Crippen LogP contribution in [0.3, 0.4) is 0 Å². The van der Waals surface area contributed by atoms with Crippen LogP contribution < -0.4 is 5.32 Å². The van der Waals surface area contributed by atoms with E-state index in [1.54, 1.807) is 17.5 Å². The van der Waals surface area contributed by atoms with Crippen molar-refractivity contribution in [2.75, 3.05) is 6.54 Å². The van der Waals surface area contributed by atoms with E-state index in [9.17, 15) is 0 Å². The lowest BCUT2D eigenvalue weighted by Crippen LogP contribution is -2.19. The first-order chi connectivity index (χ1) is 8.25. The van der Waals surface area contributed by atoms with E-state index in [1.165, 1.54) is 9.35 Å². The molecule has 1 atom stereocenters. The van der Waals surface area contributed by atoms with Gasteiger partial charge in [-0.15, -0.1) is 11.3 Å². The van der Waals surface area contributed by atoms with Crippen LogP contribution in [0.15, 0.2) is 28.3 Å². The average molecular weight is 314 g/mol. The van der Waals surface area contributed by atoms with Gasteiger partial charge in [-0.05, 0) is 41.9 Å². The van der Waals surface area contributed by atoms with Gasteiger partial charge in [-0.2, -0.15) is 0 Å². The molecule has 0 saturated carbocycles. The van der Waals surface area contributed by atoms with Gasteiger partial charge in [0.05, 0.1) is 0 Å². The first-order valence-electron chi connectivity index (χ1n) is 5.71. The van der Waals surface area contributed by atoms with Gasteiger partial charge in [0.2, 0.25) is 0 Å². The zero-order chi connectivity index (χ0) is 12.1. The minimum atomic E-state index is 0.419. The van der Waals surface area contributed by atoms with Crippen molar-refractivity contribution < 1.29 is 0 Å². The molecule has 2 heterocycles. The van der Waals surface area contributed by atoms with E-state index < -0.39 is 0 Å². The second kappa shape index (κ2) is 6.33. The third-order valence-corrected chi connectivity index (χ3v) is 4.49. The Kier molecular flexibility index (Phi) is 4.76. The van der Waals surface area contributed by atoms with Crippen LogP contribution in [0.25, 0.3) is 0 Å². The molecule has 2 aromatic heterocycles. The number of aryl methyl sites for hydroxylation is 1. The van der Waals surface area contributed by atoms with Gasteiger partial charge >= 0.3 is 0 Å². The maximum atomic E-state index is 4.21. The first-order valence-corrected chi connectivity index (χ1v) is 7.38. The molecule has 17 heavy (non-hydrogen) atoms. The summed E-state index contributed by atoms with van der Waals surface area (Å²) in [6, 6.07) is 2.59. The van der Waals surface area contributed by atoms with E-state index in [2.05, 4.69) is 49.6 Å². The molecule has 0 aliphatic heterocycles. The summed E-state index contributed by atoms with van der Waals surface area (Å²) in [5.74, 6) is 1.07. The lowest BCUT2D eigenvalue weighted by atomic mass is 10.2. The van der Waals surface area contributed by atoms with Crippen molar-refractivity contribution in [3.63, 3.8) is 0 Å². The number of imidazole rings is 1. The standard InChI is InChI=1S/C12H16BrN3S/c1-9(11-7-10(13)8-17-11)14-4-2-3-12-15-5-6-16-12/h5-9,14H,2-4H2,1H3,(H,15,16). The lowest BCUT2D eigenvalue weighted by molar-refractivity contribution is 0.561. The minimum Gasteiger partial charge on any atom is -0.349 e. The quantitative estimate of drug-likeness (QED) is 0.801. The van der Waals surface area contributed by atoms with E-state index in [4.69, 9.17) is 0 Å². The van der Waals surface area contributed by atoms with Gasteiger partial charge in [-0.25, -0.2) is 4.98 Å². The number of rotatable bonds is 6. The van der Waals surface area contributed by atoms with Gasteiger partial charge in [-0.3, -0.25) is 0 Å². The van der Waals surface area contributed by atoms with Crippen LogP contribution in [0.1, 0.15) is 30.1 Å². The highest BCUT2D eigenvalue weighted by Crippen LogP contribution is 2.25. The maximum absolute atomic E-state index is 4.21. The second-order valence-corrected chi connectivity index (χ2v) is 5.84. The van der Waals surface area contributed by atoms with Crippen LogP contribution in [-0.4, -0.2) is 16.5 Å². The molecule has 0 fully saturated rings. The summed E-state index contributed by atoms with van der Waals surface area (Å²) < 4.78 is 1.17. The summed E-state index contributed by atoms with van der Waals surface area (Å²) in [5.41, 5.74) is 0. The van der Waals surface area contributed by atoms with Crippen molar-refractivity contribution in [2.45, 2.75) is 25.8 Å². The van der Waals surface area contributed by atoms with Gasteiger partial charge in [0.1, 0.15) is 5.82 Å². The van der Waals surface area contributed by atoms with Crippen LogP contribution in [-0.2, 0) is 6.42 Å². The molecule has 5 heteroatoms. The molecule has 2 aromatic rings. The van der Waals surface area contributed by atoms with E-state index in [0.717, 1.165) is 25.2 Å². The number of thiophene rings is 1. The molecule has 0 saturated heterocycles. The smallest absolute Gasteiger partial charge is 0.106 e. The molecular weight excluding hydrogens is 298 g/mol. The Hall–Kier alpha value is -0.650. The van der Waals surface area contributed by atoms with Crippen LogP contribution in [0.5, 0.6) is 0 Å². The average Bonchev–Trinajstić information content (AvgIpc) is 2.95. The molecular formula is C12H16BrN3S. The number of aromatic nitrogens is 2. The van der Waals surface area contributed by atoms with E-state index >= 15 is 0 Å². The van der Waals surface area contributed by atoms with Crippen molar-refractivity contribution in [3.05, 3.63) is 39.0 Å². The fraction of sp³-hybridized carbons (Fsp3) is 0.417. The molecule has 1 unspecified atom stereocenters. The molecule has 3 nitrogen and oxygen atoms in total. The molecule has 2 N–H and O–H groups in total. The van der Waals surface area contributed by atoms with E-state index in [0.29, 0.717) is 6.04 Å². The molecule has 0 radical (unpaired) electrons. The van der Waals surface area contributed by atoms with Crippen LogP contribution in [0.2, 0.25) is 0 Å². The summed E-state index contributed by atoms with van der Waals surface area (Å²) in [6.45, 7) is 3.21. The normalized spacial score (nSPS) is 12.8. The topological polar surface area (TPSA) is 40.7 Å². The van der Waals surface area contributed by atoms with Crippen LogP contribution in [0, 0.1) is 0 Å². The number of halogens is 1. The lowest BCUT2D eigenvalue weighted by Gasteiger charge is -2.11. The van der Waals surface area contributed by atoms with Crippen molar-refractivity contribution >= 4 is 27.3 Å². The molecule has 0 aliphatic rings. The van der Waals surface area contributed by atoms with Crippen molar-refractivity contribution in [1.29, 1.82) is 0 Å². The molecule has 0 aromatic carbocycles. The highest BCUT2D eigenvalue weighted by Gasteiger charge is 2.06. The number of nitrogens with zero attached hydrogens (tertiary/aromatic N) is 1. The maximum Gasteiger partial charge on any atom is 0.106 e. The summed E-state index contributed by atoms with van der Waals surface area (Å²) in [4.78, 5) is 8.69. The Morgan fingerprint density at radius 3 is 3.12 bits per heavy atom. The number of hydrogen-bond donors (Lipinski definition) is 2. The highest BCUT2D eigenvalue weighted by atomic mass is 79.9. The van der Waals surface area contributed by atoms with Gasteiger partial charge in [-0.1, -0.05) is 0 Å². The van der Waals surface area contributed by atoms with Crippen molar-refractivity contribution in [2.24, 2.45) is 0 Å². The number of hydrogen-bond acceptors (Lipinski definition) is 3. The largest absolute Gasteiger partial charge is 0.349 e. The number of nitrogens with one attached hydrogen (secondary N) is 2. The van der Waals surface area contributed by atoms with Crippen LogP contribution in [0.4, 0.5) is 0 Å². The van der Waals surface area contributed by atoms with E-state index in [1.807, 2.05) is 6.20 Å². The Morgan fingerprint density at radius 2 is 2.47 bits per heavy atom. The Morgan fingerprint density at radius 1 is 1.59 bits per heavy atom. The summed E-state index contributed by atoms with van der Waals surface area (Å²) in [6.07, 6.45) is 5.77. The second-order valence-electron chi connectivity index (χ2n) is 3.98. The molecule has 2 rings (SSSR count). The third kappa shape index (κ3) is 3.94. The van der Waals surface area contributed by atoms with Gasteiger partial charge in [0.15, 0.2) is 0 Å². The fourth-order valence-electron chi connectivity index (χ4n) is 1.67. The summed E-state index contributed by atoms with van der Waals surface area (Å²) in [5, 5.41) is 5.64.